The lowest BCUT2D eigenvalue weighted by Gasteiger charge is -2.06. The molecule has 0 atom stereocenters. The quantitative estimate of drug-likeness (QED) is 0.352. The number of nitro groups is 1. The number of hydrogen-bond acceptors (Lipinski definition) is 6. The molecular weight excluding hydrogens is 406 g/mol. The largest absolute Gasteiger partial charge is 0.454 e. The van der Waals surface area contributed by atoms with Gasteiger partial charge >= 0.3 is 0 Å². The van der Waals surface area contributed by atoms with Gasteiger partial charge in [0.2, 0.25) is 6.79 Å². The molecule has 0 unspecified atom stereocenters. The van der Waals surface area contributed by atoms with E-state index in [1.807, 2.05) is 6.07 Å². The SMILES string of the molecule is N#C/C(=C\c1cc2c(cc1Br)OCO2)C(=O)Nc1cccc([N+](=O)[O-])c1. The van der Waals surface area contributed by atoms with Crippen molar-refractivity contribution in [3.8, 4) is 17.6 Å². The zero-order chi connectivity index (χ0) is 18.7. The molecule has 2 aromatic rings. The Morgan fingerprint density at radius 3 is 2.73 bits per heavy atom. The summed E-state index contributed by atoms with van der Waals surface area (Å²) in [4.78, 5) is 22.6. The van der Waals surface area contributed by atoms with E-state index in [0.717, 1.165) is 0 Å². The number of carbonyl (C=O) groups is 1. The first-order valence-electron chi connectivity index (χ1n) is 7.24. The number of nitriles is 1. The summed E-state index contributed by atoms with van der Waals surface area (Å²) < 4.78 is 11.2. The lowest BCUT2D eigenvalue weighted by atomic mass is 10.1. The van der Waals surface area contributed by atoms with Gasteiger partial charge < -0.3 is 14.8 Å². The van der Waals surface area contributed by atoms with Gasteiger partial charge in [-0.1, -0.05) is 22.0 Å². The molecule has 0 saturated heterocycles. The molecule has 26 heavy (non-hydrogen) atoms. The van der Waals surface area contributed by atoms with Crippen LogP contribution in [0.4, 0.5) is 11.4 Å². The number of hydrogen-bond donors (Lipinski definition) is 1. The van der Waals surface area contributed by atoms with Crippen LogP contribution in [0.3, 0.4) is 0 Å². The summed E-state index contributed by atoms with van der Waals surface area (Å²) >= 11 is 3.35. The van der Waals surface area contributed by atoms with Crippen molar-refractivity contribution in [2.45, 2.75) is 0 Å². The molecule has 0 spiro atoms. The topological polar surface area (TPSA) is 114 Å². The van der Waals surface area contributed by atoms with E-state index in [0.29, 0.717) is 21.5 Å². The van der Waals surface area contributed by atoms with E-state index in [-0.39, 0.29) is 23.7 Å². The van der Waals surface area contributed by atoms with Crippen molar-refractivity contribution < 1.29 is 19.2 Å². The number of nitro benzene ring substituents is 1. The number of non-ortho nitro benzene ring substituents is 1. The Kier molecular flexibility index (Phi) is 4.86. The fourth-order valence-corrected chi connectivity index (χ4v) is 2.68. The molecule has 9 heteroatoms. The van der Waals surface area contributed by atoms with E-state index in [2.05, 4.69) is 21.2 Å². The summed E-state index contributed by atoms with van der Waals surface area (Å²) in [7, 11) is 0. The molecule has 0 radical (unpaired) electrons. The first-order valence-corrected chi connectivity index (χ1v) is 8.04. The molecule has 1 aliphatic rings. The van der Waals surface area contributed by atoms with Crippen molar-refractivity contribution in [1.29, 1.82) is 5.26 Å². The minimum Gasteiger partial charge on any atom is -0.454 e. The van der Waals surface area contributed by atoms with Gasteiger partial charge in [-0.2, -0.15) is 5.26 Å². The highest BCUT2D eigenvalue weighted by molar-refractivity contribution is 9.10. The van der Waals surface area contributed by atoms with Gasteiger partial charge in [0.25, 0.3) is 11.6 Å². The number of halogens is 1. The highest BCUT2D eigenvalue weighted by Crippen LogP contribution is 2.37. The van der Waals surface area contributed by atoms with Crippen molar-refractivity contribution in [3.05, 3.63) is 62.1 Å². The predicted octanol–water partition coefficient (Wildman–Crippen LogP) is 3.63. The molecule has 0 fully saturated rings. The van der Waals surface area contributed by atoms with E-state index in [1.165, 1.54) is 30.3 Å². The van der Waals surface area contributed by atoms with Crippen molar-refractivity contribution >= 4 is 39.3 Å². The number of anilines is 1. The number of nitrogens with zero attached hydrogens (tertiary/aromatic N) is 2. The second-order valence-corrected chi connectivity index (χ2v) is 6.01. The van der Waals surface area contributed by atoms with Gasteiger partial charge in [-0.25, -0.2) is 0 Å². The second-order valence-electron chi connectivity index (χ2n) is 5.16. The third-order valence-electron chi connectivity index (χ3n) is 3.47. The summed E-state index contributed by atoms with van der Waals surface area (Å²) in [5, 5.41) is 22.6. The monoisotopic (exact) mass is 415 g/mol. The standard InChI is InChI=1S/C17H10BrN3O5/c18-14-7-16-15(25-9-26-16)5-10(14)4-11(8-19)17(22)20-12-2-1-3-13(6-12)21(23)24/h1-7H,9H2,(H,20,22)/b11-4+. The third kappa shape index (κ3) is 3.65. The van der Waals surface area contributed by atoms with Crippen LogP contribution in [0, 0.1) is 21.4 Å². The van der Waals surface area contributed by atoms with Gasteiger partial charge in [0, 0.05) is 22.3 Å². The molecule has 0 aromatic heterocycles. The van der Waals surface area contributed by atoms with Gasteiger partial charge in [-0.3, -0.25) is 14.9 Å². The average molecular weight is 416 g/mol. The van der Waals surface area contributed by atoms with Crippen LogP contribution in [-0.4, -0.2) is 17.6 Å². The van der Waals surface area contributed by atoms with E-state index >= 15 is 0 Å². The van der Waals surface area contributed by atoms with Crippen LogP contribution in [0.25, 0.3) is 6.08 Å². The van der Waals surface area contributed by atoms with Crippen molar-refractivity contribution in [3.63, 3.8) is 0 Å². The Morgan fingerprint density at radius 2 is 2.04 bits per heavy atom. The number of benzene rings is 2. The minimum atomic E-state index is -0.683. The molecule has 130 valence electrons. The zero-order valence-corrected chi connectivity index (χ0v) is 14.6. The van der Waals surface area contributed by atoms with Gasteiger partial charge in [0.15, 0.2) is 11.5 Å². The lowest BCUT2D eigenvalue weighted by Crippen LogP contribution is -2.13. The number of ether oxygens (including phenoxy) is 2. The second kappa shape index (κ2) is 7.25. The predicted molar refractivity (Wildman–Crippen MR) is 95.6 cm³/mol. The van der Waals surface area contributed by atoms with Crippen LogP contribution in [0.15, 0.2) is 46.4 Å². The lowest BCUT2D eigenvalue weighted by molar-refractivity contribution is -0.384. The molecule has 1 N–H and O–H groups in total. The van der Waals surface area contributed by atoms with Gasteiger partial charge in [0.05, 0.1) is 4.92 Å². The average Bonchev–Trinajstić information content (AvgIpc) is 3.06. The highest BCUT2D eigenvalue weighted by atomic mass is 79.9. The van der Waals surface area contributed by atoms with E-state index < -0.39 is 10.8 Å². The van der Waals surface area contributed by atoms with Crippen LogP contribution in [0.2, 0.25) is 0 Å². The first kappa shape index (κ1) is 17.4. The molecule has 1 aliphatic heterocycles. The van der Waals surface area contributed by atoms with Crippen LogP contribution < -0.4 is 14.8 Å². The Balaban J connectivity index is 1.86. The van der Waals surface area contributed by atoms with Gasteiger partial charge in [-0.15, -0.1) is 0 Å². The maximum Gasteiger partial charge on any atom is 0.271 e. The molecular formula is C17H10BrN3O5. The number of fused-ring (bicyclic) bond motifs is 1. The number of nitrogens with one attached hydrogen (secondary N) is 1. The van der Waals surface area contributed by atoms with Gasteiger partial charge in [0.1, 0.15) is 11.6 Å². The van der Waals surface area contributed by atoms with Crippen LogP contribution in [-0.2, 0) is 4.79 Å². The molecule has 3 rings (SSSR count). The summed E-state index contributed by atoms with van der Waals surface area (Å²) in [6, 6.07) is 10.6. The molecule has 1 amide bonds. The number of amides is 1. The third-order valence-corrected chi connectivity index (χ3v) is 4.16. The first-order chi connectivity index (χ1) is 12.5. The van der Waals surface area contributed by atoms with Crippen LogP contribution in [0.1, 0.15) is 5.56 Å². The van der Waals surface area contributed by atoms with Gasteiger partial charge in [-0.05, 0) is 29.8 Å². The fourth-order valence-electron chi connectivity index (χ4n) is 2.24. The highest BCUT2D eigenvalue weighted by Gasteiger charge is 2.17. The smallest absolute Gasteiger partial charge is 0.271 e. The molecule has 8 nitrogen and oxygen atoms in total. The summed E-state index contributed by atoms with van der Waals surface area (Å²) in [6.45, 7) is 0.104. The minimum absolute atomic E-state index is 0.104. The van der Waals surface area contributed by atoms with Crippen LogP contribution in [0.5, 0.6) is 11.5 Å². The number of rotatable bonds is 4. The normalized spacial score (nSPS) is 12.4. The Hall–Kier alpha value is -3.38. The molecule has 0 bridgehead atoms. The van der Waals surface area contributed by atoms with Crippen molar-refractivity contribution in [2.24, 2.45) is 0 Å². The fraction of sp³-hybridized carbons (Fsp3) is 0.0588. The summed E-state index contributed by atoms with van der Waals surface area (Å²) in [5.74, 6) is 0.391. The number of carbonyl (C=O) groups excluding carboxylic acids is 1. The summed E-state index contributed by atoms with van der Waals surface area (Å²) in [6.07, 6.45) is 1.39. The Labute approximate surface area is 155 Å². The zero-order valence-electron chi connectivity index (χ0n) is 13.1. The summed E-state index contributed by atoms with van der Waals surface area (Å²) in [5.41, 5.74) is 0.440. The van der Waals surface area contributed by atoms with Crippen molar-refractivity contribution in [1.82, 2.24) is 0 Å². The molecule has 2 aromatic carbocycles. The van der Waals surface area contributed by atoms with Crippen molar-refractivity contribution in [2.75, 3.05) is 12.1 Å². The Bertz CT molecular complexity index is 981. The molecule has 0 saturated carbocycles. The van der Waals surface area contributed by atoms with E-state index in [4.69, 9.17) is 9.47 Å². The van der Waals surface area contributed by atoms with Crippen LogP contribution >= 0.6 is 15.9 Å². The molecule has 0 aliphatic carbocycles. The maximum absolute atomic E-state index is 12.3. The maximum atomic E-state index is 12.3. The Morgan fingerprint density at radius 1 is 1.31 bits per heavy atom. The molecule has 1 heterocycles. The van der Waals surface area contributed by atoms with E-state index in [1.54, 1.807) is 12.1 Å². The van der Waals surface area contributed by atoms with E-state index in [9.17, 15) is 20.2 Å².